The van der Waals surface area contributed by atoms with Gasteiger partial charge in [0.1, 0.15) is 0 Å². The molecule has 1 fully saturated rings. The highest BCUT2D eigenvalue weighted by Gasteiger charge is 2.26. The van der Waals surface area contributed by atoms with Gasteiger partial charge < -0.3 is 5.32 Å². The van der Waals surface area contributed by atoms with Gasteiger partial charge in [-0.25, -0.2) is 13.1 Å². The lowest BCUT2D eigenvalue weighted by atomic mass is 10.1. The predicted octanol–water partition coefficient (Wildman–Crippen LogP) is 1.27. The molecule has 7 nitrogen and oxygen atoms in total. The first-order valence-electron chi connectivity index (χ1n) is 6.30. The summed E-state index contributed by atoms with van der Waals surface area (Å²) in [5.74, 6) is 0. The summed E-state index contributed by atoms with van der Waals surface area (Å²) in [6.45, 7) is 4.57. The standard InChI is InChI=1S/C12H17N3O4S.ClH/c1-8-5-9(2)12(6-11(8)15(16)17)20(18,19)14-10-3-4-13-7-10;/h5-6,10,13-14H,3-4,7H2,1-2H3;1H. The smallest absolute Gasteiger partial charge is 0.273 e. The lowest BCUT2D eigenvalue weighted by Gasteiger charge is -2.14. The molecule has 1 aliphatic rings. The van der Waals surface area contributed by atoms with Crippen LogP contribution in [0.25, 0.3) is 0 Å². The van der Waals surface area contributed by atoms with Gasteiger partial charge in [-0.3, -0.25) is 10.1 Å². The molecule has 1 aromatic carbocycles. The van der Waals surface area contributed by atoms with Crippen molar-refractivity contribution in [3.8, 4) is 0 Å². The van der Waals surface area contributed by atoms with Crippen LogP contribution in [0.2, 0.25) is 0 Å². The molecule has 9 heteroatoms. The molecule has 1 unspecified atom stereocenters. The third-order valence-corrected chi connectivity index (χ3v) is 5.02. The van der Waals surface area contributed by atoms with Gasteiger partial charge in [-0.1, -0.05) is 0 Å². The summed E-state index contributed by atoms with van der Waals surface area (Å²) in [5.41, 5.74) is 0.779. The van der Waals surface area contributed by atoms with Gasteiger partial charge in [-0.05, 0) is 38.4 Å². The molecule has 0 bridgehead atoms. The van der Waals surface area contributed by atoms with Crippen molar-refractivity contribution >= 4 is 28.1 Å². The molecule has 21 heavy (non-hydrogen) atoms. The fourth-order valence-corrected chi connectivity index (χ4v) is 3.86. The Labute approximate surface area is 129 Å². The number of rotatable bonds is 4. The number of sulfonamides is 1. The number of aryl methyl sites for hydroxylation is 2. The molecule has 1 aromatic rings. The Hall–Kier alpha value is -1.22. The maximum absolute atomic E-state index is 12.3. The fourth-order valence-electron chi connectivity index (χ4n) is 2.35. The van der Waals surface area contributed by atoms with Crippen LogP contribution in [0.3, 0.4) is 0 Å². The molecule has 1 aliphatic heterocycles. The minimum atomic E-state index is -3.74. The fraction of sp³-hybridized carbons (Fsp3) is 0.500. The molecule has 1 heterocycles. The predicted molar refractivity (Wildman–Crippen MR) is 81.4 cm³/mol. The van der Waals surface area contributed by atoms with Crippen LogP contribution in [0.5, 0.6) is 0 Å². The van der Waals surface area contributed by atoms with Crippen molar-refractivity contribution in [3.05, 3.63) is 33.4 Å². The van der Waals surface area contributed by atoms with Crippen molar-refractivity contribution in [2.45, 2.75) is 31.2 Å². The normalized spacial score (nSPS) is 18.3. The largest absolute Gasteiger partial charge is 0.315 e. The summed E-state index contributed by atoms with van der Waals surface area (Å²) >= 11 is 0. The summed E-state index contributed by atoms with van der Waals surface area (Å²) in [6, 6.07) is 2.49. The Morgan fingerprint density at radius 3 is 2.52 bits per heavy atom. The third-order valence-electron chi connectivity index (χ3n) is 3.36. The van der Waals surface area contributed by atoms with Gasteiger partial charge in [0.25, 0.3) is 5.69 Å². The molecule has 0 spiro atoms. The Morgan fingerprint density at radius 2 is 2.00 bits per heavy atom. The quantitative estimate of drug-likeness (QED) is 0.637. The van der Waals surface area contributed by atoms with E-state index in [0.717, 1.165) is 12.6 Å². The van der Waals surface area contributed by atoms with Crippen molar-refractivity contribution in [1.29, 1.82) is 0 Å². The van der Waals surface area contributed by atoms with E-state index >= 15 is 0 Å². The van der Waals surface area contributed by atoms with E-state index in [1.165, 1.54) is 6.07 Å². The molecule has 0 amide bonds. The lowest BCUT2D eigenvalue weighted by molar-refractivity contribution is -0.385. The Balaban J connectivity index is 0.00000220. The van der Waals surface area contributed by atoms with Gasteiger partial charge >= 0.3 is 0 Å². The molecule has 2 N–H and O–H groups in total. The second-order valence-electron chi connectivity index (χ2n) is 4.97. The van der Waals surface area contributed by atoms with Crippen molar-refractivity contribution in [2.24, 2.45) is 0 Å². The molecule has 0 radical (unpaired) electrons. The lowest BCUT2D eigenvalue weighted by Crippen LogP contribution is -2.36. The van der Waals surface area contributed by atoms with E-state index < -0.39 is 14.9 Å². The van der Waals surface area contributed by atoms with Crippen molar-refractivity contribution < 1.29 is 13.3 Å². The number of benzene rings is 1. The maximum Gasteiger partial charge on any atom is 0.273 e. The second kappa shape index (κ2) is 6.69. The van der Waals surface area contributed by atoms with Crippen molar-refractivity contribution in [3.63, 3.8) is 0 Å². The summed E-state index contributed by atoms with van der Waals surface area (Å²) in [6.07, 6.45) is 0.715. The van der Waals surface area contributed by atoms with Crippen LogP contribution in [0.15, 0.2) is 17.0 Å². The second-order valence-corrected chi connectivity index (χ2v) is 6.65. The average Bonchev–Trinajstić information content (AvgIpc) is 2.79. The number of nitrogens with zero attached hydrogens (tertiary/aromatic N) is 1. The monoisotopic (exact) mass is 335 g/mol. The van der Waals surface area contributed by atoms with E-state index in [9.17, 15) is 18.5 Å². The Bertz CT molecular complexity index is 642. The topological polar surface area (TPSA) is 101 Å². The highest BCUT2D eigenvalue weighted by atomic mass is 35.5. The third kappa shape index (κ3) is 3.91. The SMILES string of the molecule is Cc1cc(C)c(S(=O)(=O)NC2CCNC2)cc1[N+](=O)[O-].Cl. The molecule has 0 aromatic heterocycles. The van der Waals surface area contributed by atoms with Gasteiger partial charge in [0, 0.05) is 24.2 Å². The van der Waals surface area contributed by atoms with Crippen LogP contribution in [-0.2, 0) is 10.0 Å². The molecule has 0 aliphatic carbocycles. The number of nitro benzene ring substituents is 1. The van der Waals surface area contributed by atoms with E-state index in [1.54, 1.807) is 13.8 Å². The number of nitrogens with one attached hydrogen (secondary N) is 2. The minimum Gasteiger partial charge on any atom is -0.315 e. The Morgan fingerprint density at radius 1 is 1.33 bits per heavy atom. The zero-order chi connectivity index (χ0) is 14.9. The number of hydrogen-bond donors (Lipinski definition) is 2. The molecular weight excluding hydrogens is 318 g/mol. The van der Waals surface area contributed by atoms with Crippen LogP contribution in [0, 0.1) is 24.0 Å². The average molecular weight is 336 g/mol. The van der Waals surface area contributed by atoms with Gasteiger partial charge in [-0.15, -0.1) is 12.4 Å². The molecule has 0 saturated carbocycles. The van der Waals surface area contributed by atoms with Crippen LogP contribution >= 0.6 is 12.4 Å². The van der Waals surface area contributed by atoms with E-state index in [1.807, 2.05) is 0 Å². The molecule has 1 atom stereocenters. The van der Waals surface area contributed by atoms with Gasteiger partial charge in [-0.2, -0.15) is 0 Å². The van der Waals surface area contributed by atoms with Gasteiger partial charge in [0.15, 0.2) is 0 Å². The number of hydrogen-bond acceptors (Lipinski definition) is 5. The van der Waals surface area contributed by atoms with Crippen LogP contribution in [0.4, 0.5) is 5.69 Å². The van der Waals surface area contributed by atoms with Crippen LogP contribution in [0.1, 0.15) is 17.5 Å². The molecular formula is C12H18ClN3O4S. The number of nitro groups is 1. The number of halogens is 1. The van der Waals surface area contributed by atoms with Crippen LogP contribution in [-0.4, -0.2) is 32.5 Å². The Kier molecular flexibility index (Phi) is 5.68. The molecule has 118 valence electrons. The summed E-state index contributed by atoms with van der Waals surface area (Å²) in [7, 11) is -3.74. The van der Waals surface area contributed by atoms with Crippen LogP contribution < -0.4 is 10.0 Å². The first-order chi connectivity index (χ1) is 9.31. The zero-order valence-corrected chi connectivity index (χ0v) is 13.4. The van der Waals surface area contributed by atoms with E-state index in [4.69, 9.17) is 0 Å². The highest BCUT2D eigenvalue weighted by Crippen LogP contribution is 2.26. The summed E-state index contributed by atoms with van der Waals surface area (Å²) in [4.78, 5) is 10.3. The maximum atomic E-state index is 12.3. The van der Waals surface area contributed by atoms with E-state index in [0.29, 0.717) is 24.1 Å². The first-order valence-corrected chi connectivity index (χ1v) is 7.78. The van der Waals surface area contributed by atoms with Crippen molar-refractivity contribution in [2.75, 3.05) is 13.1 Å². The highest BCUT2D eigenvalue weighted by molar-refractivity contribution is 7.89. The molecule has 1 saturated heterocycles. The van der Waals surface area contributed by atoms with Gasteiger partial charge in [0.2, 0.25) is 10.0 Å². The first kappa shape index (κ1) is 17.8. The summed E-state index contributed by atoms with van der Waals surface area (Å²) in [5, 5.41) is 14.0. The summed E-state index contributed by atoms with van der Waals surface area (Å²) < 4.78 is 27.3. The van der Waals surface area contributed by atoms with E-state index in [-0.39, 0.29) is 29.0 Å². The van der Waals surface area contributed by atoms with Gasteiger partial charge in [0.05, 0.1) is 9.82 Å². The van der Waals surface area contributed by atoms with E-state index in [2.05, 4.69) is 10.0 Å². The zero-order valence-electron chi connectivity index (χ0n) is 11.8. The van der Waals surface area contributed by atoms with Crippen molar-refractivity contribution in [1.82, 2.24) is 10.0 Å². The minimum absolute atomic E-state index is 0. The molecule has 2 rings (SSSR count).